The lowest BCUT2D eigenvalue weighted by atomic mass is 10.0. The van der Waals surface area contributed by atoms with Crippen molar-refractivity contribution in [1.29, 1.82) is 0 Å². The summed E-state index contributed by atoms with van der Waals surface area (Å²) in [7, 11) is 0. The highest BCUT2D eigenvalue weighted by molar-refractivity contribution is 5.87. The molecule has 0 radical (unpaired) electrons. The maximum absolute atomic E-state index is 14.0. The predicted molar refractivity (Wildman–Crippen MR) is 99.1 cm³/mol. The molecule has 1 amide bonds. The zero-order chi connectivity index (χ0) is 19.8. The van der Waals surface area contributed by atoms with Gasteiger partial charge in [-0.05, 0) is 43.7 Å². The van der Waals surface area contributed by atoms with Gasteiger partial charge in [0.25, 0.3) is 0 Å². The molecule has 0 aliphatic rings. The number of rotatable bonds is 4. The first-order valence-electron chi connectivity index (χ1n) is 8.37. The fraction of sp³-hybridized carbons (Fsp3) is 0.100. The van der Waals surface area contributed by atoms with Gasteiger partial charge in [-0.25, -0.2) is 13.8 Å². The highest BCUT2D eigenvalue weighted by Crippen LogP contribution is 2.31. The Labute approximate surface area is 158 Å². The fourth-order valence-corrected chi connectivity index (χ4v) is 3.01. The van der Waals surface area contributed by atoms with Gasteiger partial charge in [-0.3, -0.25) is 14.7 Å². The van der Waals surface area contributed by atoms with Gasteiger partial charge in [0.2, 0.25) is 6.41 Å². The smallest absolute Gasteiger partial charge is 0.220 e. The van der Waals surface area contributed by atoms with Crippen molar-refractivity contribution in [1.82, 2.24) is 15.1 Å². The van der Waals surface area contributed by atoms with Gasteiger partial charge >= 0.3 is 0 Å². The van der Waals surface area contributed by atoms with E-state index in [2.05, 4.69) is 15.1 Å². The van der Waals surface area contributed by atoms with Crippen LogP contribution in [0.4, 0.5) is 20.3 Å². The van der Waals surface area contributed by atoms with Gasteiger partial charge in [0.1, 0.15) is 17.3 Å². The molecule has 2 aromatic carbocycles. The lowest BCUT2D eigenvalue weighted by molar-refractivity contribution is -0.106. The SMILES string of the molecule is Cc1cc2c(C)noc2cc1-c1cnc(N(C=O)c2c(F)cccc2F)cn1. The van der Waals surface area contributed by atoms with Gasteiger partial charge in [0.05, 0.1) is 23.8 Å². The molecule has 2 heterocycles. The monoisotopic (exact) mass is 380 g/mol. The first-order chi connectivity index (χ1) is 13.5. The Hall–Kier alpha value is -3.68. The molecule has 0 atom stereocenters. The van der Waals surface area contributed by atoms with Crippen molar-refractivity contribution in [2.75, 3.05) is 4.90 Å². The van der Waals surface area contributed by atoms with Crippen molar-refractivity contribution >= 4 is 28.9 Å². The van der Waals surface area contributed by atoms with E-state index < -0.39 is 17.3 Å². The maximum atomic E-state index is 14.0. The number of anilines is 2. The maximum Gasteiger partial charge on any atom is 0.220 e. The minimum absolute atomic E-state index is 0.00279. The van der Waals surface area contributed by atoms with Crippen molar-refractivity contribution in [3.05, 3.63) is 65.6 Å². The molecular weight excluding hydrogens is 366 g/mol. The van der Waals surface area contributed by atoms with E-state index in [0.29, 0.717) is 17.7 Å². The van der Waals surface area contributed by atoms with Gasteiger partial charge in [-0.2, -0.15) is 0 Å². The van der Waals surface area contributed by atoms with Crippen LogP contribution in [0.15, 0.2) is 47.2 Å². The first kappa shape index (κ1) is 17.7. The van der Waals surface area contributed by atoms with Crippen molar-refractivity contribution in [2.45, 2.75) is 13.8 Å². The molecule has 0 bridgehead atoms. The molecule has 0 fully saturated rings. The summed E-state index contributed by atoms with van der Waals surface area (Å²) in [5.74, 6) is -1.75. The van der Waals surface area contributed by atoms with E-state index in [1.54, 1.807) is 0 Å². The van der Waals surface area contributed by atoms with Crippen LogP contribution in [0.25, 0.3) is 22.2 Å². The van der Waals surface area contributed by atoms with E-state index in [9.17, 15) is 13.6 Å². The van der Waals surface area contributed by atoms with Crippen LogP contribution in [0.3, 0.4) is 0 Å². The van der Waals surface area contributed by atoms with E-state index >= 15 is 0 Å². The number of halogens is 2. The second-order valence-electron chi connectivity index (χ2n) is 6.24. The topological polar surface area (TPSA) is 72.1 Å². The van der Waals surface area contributed by atoms with E-state index in [1.165, 1.54) is 18.5 Å². The molecule has 4 rings (SSSR count). The average Bonchev–Trinajstić information content (AvgIpc) is 3.04. The van der Waals surface area contributed by atoms with Crippen LogP contribution in [0, 0.1) is 25.5 Å². The molecule has 0 unspecified atom stereocenters. The number of amides is 1. The van der Waals surface area contributed by atoms with E-state index in [4.69, 9.17) is 4.52 Å². The Bertz CT molecular complexity index is 1170. The largest absolute Gasteiger partial charge is 0.356 e. The van der Waals surface area contributed by atoms with E-state index in [0.717, 1.165) is 39.2 Å². The Balaban J connectivity index is 1.74. The van der Waals surface area contributed by atoms with Crippen LogP contribution in [-0.2, 0) is 4.79 Å². The Morgan fingerprint density at radius 1 is 1.07 bits per heavy atom. The van der Waals surface area contributed by atoms with E-state index in [1.807, 2.05) is 26.0 Å². The zero-order valence-electron chi connectivity index (χ0n) is 15.0. The summed E-state index contributed by atoms with van der Waals surface area (Å²) < 4.78 is 33.3. The lowest BCUT2D eigenvalue weighted by Crippen LogP contribution is -2.18. The van der Waals surface area contributed by atoms with Crippen LogP contribution in [0.5, 0.6) is 0 Å². The third kappa shape index (κ3) is 2.88. The van der Waals surface area contributed by atoms with Crippen LogP contribution in [-0.4, -0.2) is 21.5 Å². The molecule has 28 heavy (non-hydrogen) atoms. The van der Waals surface area contributed by atoms with Crippen LogP contribution < -0.4 is 4.90 Å². The summed E-state index contributed by atoms with van der Waals surface area (Å²) in [4.78, 5) is 20.7. The summed E-state index contributed by atoms with van der Waals surface area (Å²) in [6.45, 7) is 3.78. The lowest BCUT2D eigenvalue weighted by Gasteiger charge is -2.17. The number of aromatic nitrogens is 3. The molecule has 0 saturated heterocycles. The van der Waals surface area contributed by atoms with Crippen LogP contribution >= 0.6 is 0 Å². The molecule has 8 heteroatoms. The fourth-order valence-electron chi connectivity index (χ4n) is 3.01. The van der Waals surface area contributed by atoms with Gasteiger partial charge in [-0.1, -0.05) is 11.2 Å². The molecule has 0 aliphatic carbocycles. The van der Waals surface area contributed by atoms with Crippen molar-refractivity contribution in [3.63, 3.8) is 0 Å². The Morgan fingerprint density at radius 2 is 1.82 bits per heavy atom. The van der Waals surface area contributed by atoms with Gasteiger partial charge in [0.15, 0.2) is 11.4 Å². The van der Waals surface area contributed by atoms with Crippen LogP contribution in [0.1, 0.15) is 11.3 Å². The number of para-hydroxylation sites is 1. The van der Waals surface area contributed by atoms with E-state index in [-0.39, 0.29) is 5.82 Å². The average molecular weight is 380 g/mol. The molecule has 2 aromatic heterocycles. The molecule has 140 valence electrons. The summed E-state index contributed by atoms with van der Waals surface area (Å²) in [6.07, 6.45) is 3.01. The van der Waals surface area contributed by atoms with Crippen LogP contribution in [0.2, 0.25) is 0 Å². The summed E-state index contributed by atoms with van der Waals surface area (Å²) in [6, 6.07) is 7.10. The summed E-state index contributed by atoms with van der Waals surface area (Å²) in [5, 5.41) is 4.85. The Morgan fingerprint density at radius 3 is 2.46 bits per heavy atom. The molecule has 0 saturated carbocycles. The molecular formula is C20H14F2N4O2. The minimum atomic E-state index is -0.875. The number of benzene rings is 2. The van der Waals surface area contributed by atoms with Gasteiger partial charge in [0, 0.05) is 10.9 Å². The second-order valence-corrected chi connectivity index (χ2v) is 6.24. The molecule has 0 N–H and O–H groups in total. The second kappa shape index (κ2) is 6.80. The number of fused-ring (bicyclic) bond motifs is 1. The van der Waals surface area contributed by atoms with Crippen molar-refractivity contribution < 1.29 is 18.1 Å². The number of hydrogen-bond acceptors (Lipinski definition) is 5. The number of hydrogen-bond donors (Lipinski definition) is 0. The molecule has 0 aliphatic heterocycles. The quantitative estimate of drug-likeness (QED) is 0.488. The zero-order valence-corrected chi connectivity index (χ0v) is 15.0. The molecule has 6 nitrogen and oxygen atoms in total. The minimum Gasteiger partial charge on any atom is -0.356 e. The van der Waals surface area contributed by atoms with Crippen molar-refractivity contribution in [3.8, 4) is 11.3 Å². The summed E-state index contributed by atoms with van der Waals surface area (Å²) >= 11 is 0. The Kier molecular flexibility index (Phi) is 4.31. The highest BCUT2D eigenvalue weighted by Gasteiger charge is 2.19. The number of carbonyl (C=O) groups is 1. The third-order valence-corrected chi connectivity index (χ3v) is 4.44. The molecule has 4 aromatic rings. The summed E-state index contributed by atoms with van der Waals surface area (Å²) in [5.41, 5.74) is 3.14. The third-order valence-electron chi connectivity index (χ3n) is 4.44. The highest BCUT2D eigenvalue weighted by atomic mass is 19.1. The first-order valence-corrected chi connectivity index (χ1v) is 8.37. The number of aryl methyl sites for hydroxylation is 2. The van der Waals surface area contributed by atoms with Crippen molar-refractivity contribution in [2.24, 2.45) is 0 Å². The normalized spacial score (nSPS) is 11.0. The van der Waals surface area contributed by atoms with Gasteiger partial charge < -0.3 is 4.52 Å². The standard InChI is InChI=1S/C20H14F2N4O2/c1-11-6-14-12(2)25-28-18(14)7-13(11)17-8-24-19(9-23-17)26(10-27)20-15(21)4-3-5-16(20)22/h3-10H,1-2H3. The molecule has 0 spiro atoms. The van der Waals surface area contributed by atoms with Gasteiger partial charge in [-0.15, -0.1) is 0 Å². The predicted octanol–water partition coefficient (Wildman–Crippen LogP) is 4.47. The number of carbonyl (C=O) groups excluding carboxylic acids is 1. The number of nitrogens with zero attached hydrogens (tertiary/aromatic N) is 4.